The largest absolute Gasteiger partial charge is 0.303 e. The number of sulfone groups is 1. The summed E-state index contributed by atoms with van der Waals surface area (Å²) in [5.41, 5.74) is 0.929. The molecule has 24 heavy (non-hydrogen) atoms. The summed E-state index contributed by atoms with van der Waals surface area (Å²) in [5.74, 6) is 1.21. The molecule has 2 heterocycles. The van der Waals surface area contributed by atoms with Crippen LogP contribution in [0.25, 0.3) is 11.4 Å². The van der Waals surface area contributed by atoms with Crippen molar-refractivity contribution in [2.24, 2.45) is 7.05 Å². The summed E-state index contributed by atoms with van der Waals surface area (Å²) in [6.07, 6.45) is 0.656. The quantitative estimate of drug-likeness (QED) is 0.755. The Morgan fingerprint density at radius 1 is 1.38 bits per heavy atom. The van der Waals surface area contributed by atoms with Gasteiger partial charge in [-0.15, -0.1) is 0 Å². The second kappa shape index (κ2) is 6.59. The van der Waals surface area contributed by atoms with E-state index in [0.717, 1.165) is 11.4 Å². The van der Waals surface area contributed by atoms with Gasteiger partial charge in [-0.1, -0.05) is 11.6 Å². The molecule has 1 aromatic heterocycles. The van der Waals surface area contributed by atoms with Gasteiger partial charge in [0.1, 0.15) is 0 Å². The Kier molecular flexibility index (Phi) is 4.83. The Morgan fingerprint density at radius 2 is 2.04 bits per heavy atom. The topological polar surface area (TPSA) is 60.1 Å². The molecule has 2 aromatic rings. The van der Waals surface area contributed by atoms with E-state index in [1.807, 2.05) is 47.8 Å². The Morgan fingerprint density at radius 3 is 2.62 bits per heavy atom. The van der Waals surface area contributed by atoms with Crippen LogP contribution < -0.4 is 0 Å². The number of nitrogens with zero attached hydrogens (tertiary/aromatic N) is 4. The summed E-state index contributed by atoms with van der Waals surface area (Å²) >= 11 is 11.4. The average molecular weight is 387 g/mol. The maximum Gasteiger partial charge on any atom is 0.199 e. The van der Waals surface area contributed by atoms with E-state index in [-0.39, 0.29) is 17.5 Å². The Labute approximate surface area is 151 Å². The van der Waals surface area contributed by atoms with Gasteiger partial charge in [0.15, 0.2) is 20.4 Å². The normalized spacial score (nSPS) is 19.9. The van der Waals surface area contributed by atoms with E-state index < -0.39 is 9.84 Å². The minimum atomic E-state index is -2.91. The number of halogens is 1. The zero-order valence-corrected chi connectivity index (χ0v) is 15.9. The van der Waals surface area contributed by atoms with Gasteiger partial charge in [0, 0.05) is 23.7 Å². The van der Waals surface area contributed by atoms with Crippen molar-refractivity contribution in [2.45, 2.75) is 19.1 Å². The van der Waals surface area contributed by atoms with Crippen molar-refractivity contribution in [2.75, 3.05) is 18.6 Å². The number of aromatic nitrogens is 3. The van der Waals surface area contributed by atoms with Gasteiger partial charge in [-0.05, 0) is 50.0 Å². The molecule has 1 saturated heterocycles. The third-order valence-corrected chi connectivity index (χ3v) is 6.82. The summed E-state index contributed by atoms with van der Waals surface area (Å²) < 4.78 is 27.5. The zero-order chi connectivity index (χ0) is 17.5. The van der Waals surface area contributed by atoms with Crippen LogP contribution in [-0.2, 0) is 23.6 Å². The molecule has 1 aromatic carbocycles. The highest BCUT2D eigenvalue weighted by Gasteiger charge is 2.30. The average Bonchev–Trinajstić information content (AvgIpc) is 3.03. The molecule has 1 fully saturated rings. The lowest BCUT2D eigenvalue weighted by atomic mass is 10.2. The van der Waals surface area contributed by atoms with Crippen LogP contribution in [0, 0.1) is 4.77 Å². The highest BCUT2D eigenvalue weighted by molar-refractivity contribution is 7.91. The predicted molar refractivity (Wildman–Crippen MR) is 97.3 cm³/mol. The van der Waals surface area contributed by atoms with Crippen molar-refractivity contribution in [3.05, 3.63) is 34.1 Å². The summed E-state index contributed by atoms with van der Waals surface area (Å²) in [7, 11) is 0.870. The first-order valence-corrected chi connectivity index (χ1v) is 10.2. The fourth-order valence-corrected chi connectivity index (χ4v) is 5.00. The number of hydrogen-bond acceptors (Lipinski definition) is 5. The number of benzene rings is 1. The fourth-order valence-electron chi connectivity index (χ4n) is 2.88. The SMILES string of the molecule is CN(Cn1nc(-c2ccc(Cl)cc2)n(C)c1=S)C1CCS(=O)(=O)C1. The van der Waals surface area contributed by atoms with Gasteiger partial charge in [-0.3, -0.25) is 4.90 Å². The van der Waals surface area contributed by atoms with Gasteiger partial charge in [-0.25, -0.2) is 13.1 Å². The third-order valence-electron chi connectivity index (χ3n) is 4.33. The molecule has 1 unspecified atom stereocenters. The molecule has 0 saturated carbocycles. The summed E-state index contributed by atoms with van der Waals surface area (Å²) in [4.78, 5) is 2.00. The third kappa shape index (κ3) is 3.56. The first kappa shape index (κ1) is 17.6. The van der Waals surface area contributed by atoms with Crippen molar-refractivity contribution >= 4 is 33.7 Å². The van der Waals surface area contributed by atoms with Crippen molar-refractivity contribution in [3.63, 3.8) is 0 Å². The van der Waals surface area contributed by atoms with Gasteiger partial charge in [0.2, 0.25) is 0 Å². The van der Waals surface area contributed by atoms with Gasteiger partial charge >= 0.3 is 0 Å². The zero-order valence-electron chi connectivity index (χ0n) is 13.5. The molecule has 0 aliphatic carbocycles. The molecule has 6 nitrogen and oxygen atoms in total. The van der Waals surface area contributed by atoms with E-state index in [2.05, 4.69) is 5.10 Å². The molecule has 1 atom stereocenters. The first-order valence-electron chi connectivity index (χ1n) is 7.57. The standard InChI is InChI=1S/C15H19ClN4O2S2/c1-18(13-7-8-24(21,22)9-13)10-20-15(23)19(2)14(17-20)11-3-5-12(16)6-4-11/h3-6,13H,7-10H2,1-2H3. The summed E-state index contributed by atoms with van der Waals surface area (Å²) in [5, 5.41) is 5.27. The summed E-state index contributed by atoms with van der Waals surface area (Å²) in [6.45, 7) is 0.459. The Hall–Kier alpha value is -1.22. The molecule has 9 heteroatoms. The van der Waals surface area contributed by atoms with Gasteiger partial charge < -0.3 is 4.57 Å². The van der Waals surface area contributed by atoms with Crippen LogP contribution in [0.4, 0.5) is 0 Å². The molecule has 130 valence electrons. The number of rotatable bonds is 4. The minimum Gasteiger partial charge on any atom is -0.303 e. The second-order valence-electron chi connectivity index (χ2n) is 6.13. The smallest absolute Gasteiger partial charge is 0.199 e. The highest BCUT2D eigenvalue weighted by Crippen LogP contribution is 2.21. The second-order valence-corrected chi connectivity index (χ2v) is 9.16. The van der Waals surface area contributed by atoms with E-state index in [4.69, 9.17) is 23.8 Å². The lowest BCUT2D eigenvalue weighted by molar-refractivity contribution is 0.196. The molecule has 1 aliphatic heterocycles. The molecule has 0 spiro atoms. The lowest BCUT2D eigenvalue weighted by Gasteiger charge is -2.22. The monoisotopic (exact) mass is 386 g/mol. The van der Waals surface area contributed by atoms with E-state index in [0.29, 0.717) is 22.9 Å². The van der Waals surface area contributed by atoms with Gasteiger partial charge in [0.25, 0.3) is 0 Å². The van der Waals surface area contributed by atoms with Gasteiger partial charge in [0.05, 0.1) is 18.2 Å². The van der Waals surface area contributed by atoms with E-state index in [1.54, 1.807) is 4.68 Å². The van der Waals surface area contributed by atoms with Crippen LogP contribution >= 0.6 is 23.8 Å². The summed E-state index contributed by atoms with van der Waals surface area (Å²) in [6, 6.07) is 7.44. The molecule has 3 rings (SSSR count). The van der Waals surface area contributed by atoms with Crippen molar-refractivity contribution in [3.8, 4) is 11.4 Å². The van der Waals surface area contributed by atoms with Gasteiger partial charge in [-0.2, -0.15) is 5.10 Å². The van der Waals surface area contributed by atoms with Crippen molar-refractivity contribution in [1.82, 2.24) is 19.2 Å². The molecule has 0 radical (unpaired) electrons. The van der Waals surface area contributed by atoms with Crippen LogP contribution in [-0.4, -0.2) is 52.3 Å². The van der Waals surface area contributed by atoms with E-state index in [1.165, 1.54) is 0 Å². The maximum atomic E-state index is 11.7. The minimum absolute atomic E-state index is 0.0119. The Balaban J connectivity index is 1.83. The molecule has 0 amide bonds. The highest BCUT2D eigenvalue weighted by atomic mass is 35.5. The number of hydrogen-bond donors (Lipinski definition) is 0. The van der Waals surface area contributed by atoms with Crippen molar-refractivity contribution in [1.29, 1.82) is 0 Å². The van der Waals surface area contributed by atoms with Crippen LogP contribution in [0.2, 0.25) is 5.02 Å². The molecule has 1 aliphatic rings. The predicted octanol–water partition coefficient (Wildman–Crippen LogP) is 2.35. The fraction of sp³-hybridized carbons (Fsp3) is 0.467. The van der Waals surface area contributed by atoms with E-state index >= 15 is 0 Å². The maximum absolute atomic E-state index is 11.7. The first-order chi connectivity index (χ1) is 11.3. The molecular weight excluding hydrogens is 368 g/mol. The lowest BCUT2D eigenvalue weighted by Crippen LogP contribution is -2.34. The Bertz CT molecular complexity index is 903. The van der Waals surface area contributed by atoms with Crippen LogP contribution in [0.15, 0.2) is 24.3 Å². The van der Waals surface area contributed by atoms with Crippen LogP contribution in [0.3, 0.4) is 0 Å². The molecule has 0 N–H and O–H groups in total. The van der Waals surface area contributed by atoms with Crippen LogP contribution in [0.5, 0.6) is 0 Å². The van der Waals surface area contributed by atoms with E-state index in [9.17, 15) is 8.42 Å². The van der Waals surface area contributed by atoms with Crippen molar-refractivity contribution < 1.29 is 8.42 Å². The molecule has 0 bridgehead atoms. The molecular formula is C15H19ClN4O2S2. The van der Waals surface area contributed by atoms with Crippen LogP contribution in [0.1, 0.15) is 6.42 Å².